The number of anilines is 5. The van der Waals surface area contributed by atoms with Crippen molar-refractivity contribution in [1.29, 1.82) is 0 Å². The van der Waals surface area contributed by atoms with E-state index in [1.54, 1.807) is 42.7 Å². The zero-order valence-electron chi connectivity index (χ0n) is 24.3. The predicted octanol–water partition coefficient (Wildman–Crippen LogP) is 6.72. The molecule has 0 atom stereocenters. The number of fused-ring (bicyclic) bond motifs is 1. The Bertz CT molecular complexity index is 1940. The molecule has 1 fully saturated rings. The first kappa shape index (κ1) is 28.2. The molecule has 6 aromatic rings. The maximum Gasteiger partial charge on any atom is 0.228 e. The number of ether oxygens (including phenoxy) is 1. The van der Waals surface area contributed by atoms with Gasteiger partial charge in [-0.1, -0.05) is 0 Å². The summed E-state index contributed by atoms with van der Waals surface area (Å²) in [7, 11) is 2.15. The minimum atomic E-state index is -0.992. The minimum absolute atomic E-state index is 0.0673. The molecular formula is C33H29F2N9O. The first-order valence-corrected chi connectivity index (χ1v) is 14.5. The van der Waals surface area contributed by atoms with Gasteiger partial charge in [-0.3, -0.25) is 0 Å². The molecule has 10 nitrogen and oxygen atoms in total. The Hall–Kier alpha value is -5.62. The molecule has 1 aliphatic heterocycles. The molecule has 1 aliphatic rings. The number of rotatable bonds is 8. The van der Waals surface area contributed by atoms with Gasteiger partial charge in [-0.25, -0.2) is 28.7 Å². The van der Waals surface area contributed by atoms with Gasteiger partial charge >= 0.3 is 0 Å². The van der Waals surface area contributed by atoms with Crippen molar-refractivity contribution in [2.45, 2.75) is 0 Å². The minimum Gasteiger partial charge on any atom is -0.438 e. The van der Waals surface area contributed by atoms with Gasteiger partial charge in [0.05, 0.1) is 16.8 Å². The van der Waals surface area contributed by atoms with Crippen molar-refractivity contribution in [3.63, 3.8) is 0 Å². The summed E-state index contributed by atoms with van der Waals surface area (Å²) in [5.74, 6) is -0.265. The highest BCUT2D eigenvalue weighted by Crippen LogP contribution is 2.32. The second-order valence-corrected chi connectivity index (χ2v) is 10.7. The van der Waals surface area contributed by atoms with Crippen LogP contribution in [0.4, 0.5) is 37.7 Å². The number of H-pyrrole nitrogens is 1. The average molecular weight is 606 g/mol. The first-order valence-electron chi connectivity index (χ1n) is 14.5. The Morgan fingerprint density at radius 1 is 0.778 bits per heavy atom. The van der Waals surface area contributed by atoms with E-state index in [1.807, 2.05) is 24.3 Å². The number of nitrogens with zero attached hydrogens (tertiary/aromatic N) is 6. The summed E-state index contributed by atoms with van der Waals surface area (Å²) < 4.78 is 33.7. The van der Waals surface area contributed by atoms with Gasteiger partial charge in [0.2, 0.25) is 17.8 Å². The number of aromatic amines is 1. The van der Waals surface area contributed by atoms with Crippen LogP contribution < -0.4 is 20.3 Å². The number of benzene rings is 3. The monoisotopic (exact) mass is 605 g/mol. The molecule has 1 saturated heterocycles. The number of piperazine rings is 1. The van der Waals surface area contributed by atoms with Crippen molar-refractivity contribution < 1.29 is 13.5 Å². The summed E-state index contributed by atoms with van der Waals surface area (Å²) in [5, 5.41) is 6.36. The number of likely N-dealkylation sites (N-methyl/N-ethyl adjacent to an activating group) is 1. The average Bonchev–Trinajstić information content (AvgIpc) is 3.48. The van der Waals surface area contributed by atoms with Crippen LogP contribution in [-0.4, -0.2) is 63.0 Å². The SMILES string of the molecule is CN1CCN(c2ccc(Nc3nccc(-c4cccnc4Oc4ccc(Nc5nc6c(F)c(F)ccc6[nH]5)cc4)n3)cc2)CC1. The highest BCUT2D eigenvalue weighted by molar-refractivity contribution is 5.79. The topological polar surface area (TPSA) is 107 Å². The third-order valence-electron chi connectivity index (χ3n) is 7.57. The molecule has 0 radical (unpaired) electrons. The predicted molar refractivity (Wildman–Crippen MR) is 171 cm³/mol. The summed E-state index contributed by atoms with van der Waals surface area (Å²) in [6.07, 6.45) is 3.35. The van der Waals surface area contributed by atoms with E-state index in [1.165, 1.54) is 11.8 Å². The molecule has 3 aromatic carbocycles. The number of nitrogens with one attached hydrogen (secondary N) is 3. The van der Waals surface area contributed by atoms with Crippen molar-refractivity contribution in [2.75, 3.05) is 48.8 Å². The van der Waals surface area contributed by atoms with Crippen LogP contribution in [0.25, 0.3) is 22.3 Å². The van der Waals surface area contributed by atoms with Crippen LogP contribution in [0.2, 0.25) is 0 Å². The highest BCUT2D eigenvalue weighted by atomic mass is 19.2. The van der Waals surface area contributed by atoms with Gasteiger partial charge in [0.15, 0.2) is 11.6 Å². The van der Waals surface area contributed by atoms with E-state index in [9.17, 15) is 8.78 Å². The number of aromatic nitrogens is 5. The van der Waals surface area contributed by atoms with Gasteiger partial charge in [-0.15, -0.1) is 0 Å². The largest absolute Gasteiger partial charge is 0.438 e. The quantitative estimate of drug-likeness (QED) is 0.174. The standard InChI is InChI=1S/C33H29F2N9O/c1-43-17-19-44(20-18-43)23-8-4-21(5-9-23)38-32-37-16-14-27(40-32)25-3-2-15-36-31(25)45-24-10-6-22(7-11-24)39-33-41-28-13-12-26(34)29(35)30(28)42-33/h2-16H,17-20H2,1H3,(H,37,38,40)(H2,39,41,42). The molecule has 0 spiro atoms. The number of hydrogen-bond acceptors (Lipinski definition) is 9. The van der Waals surface area contributed by atoms with Gasteiger partial charge < -0.3 is 30.2 Å². The normalized spacial score (nSPS) is 13.6. The molecule has 7 rings (SSSR count). The lowest BCUT2D eigenvalue weighted by Crippen LogP contribution is -2.44. The maximum absolute atomic E-state index is 14.0. The molecule has 0 bridgehead atoms. The van der Waals surface area contributed by atoms with Crippen LogP contribution >= 0.6 is 0 Å². The van der Waals surface area contributed by atoms with Gasteiger partial charge in [0.1, 0.15) is 11.3 Å². The zero-order chi connectivity index (χ0) is 30.8. The van der Waals surface area contributed by atoms with Gasteiger partial charge in [0.25, 0.3) is 0 Å². The van der Waals surface area contributed by atoms with Crippen LogP contribution in [0.1, 0.15) is 0 Å². The molecule has 0 unspecified atom stereocenters. The molecule has 226 valence electrons. The van der Waals surface area contributed by atoms with Crippen molar-refractivity contribution in [1.82, 2.24) is 29.8 Å². The third kappa shape index (κ3) is 6.22. The Balaban J connectivity index is 1.03. The van der Waals surface area contributed by atoms with Gasteiger partial charge in [-0.05, 0) is 85.9 Å². The summed E-state index contributed by atoms with van der Waals surface area (Å²) in [5.41, 5.74) is 4.44. The Labute approximate surface area is 257 Å². The number of halogens is 2. The fraction of sp³-hybridized carbons (Fsp3) is 0.152. The summed E-state index contributed by atoms with van der Waals surface area (Å²) in [6.45, 7) is 4.14. The Morgan fingerprint density at radius 3 is 2.33 bits per heavy atom. The van der Waals surface area contributed by atoms with Crippen LogP contribution in [0.15, 0.2) is 91.3 Å². The van der Waals surface area contributed by atoms with Crippen LogP contribution in [0, 0.1) is 11.6 Å². The van der Waals surface area contributed by atoms with E-state index in [2.05, 4.69) is 59.5 Å². The van der Waals surface area contributed by atoms with E-state index in [-0.39, 0.29) is 11.5 Å². The van der Waals surface area contributed by atoms with Crippen LogP contribution in [0.3, 0.4) is 0 Å². The molecule has 45 heavy (non-hydrogen) atoms. The molecule has 3 N–H and O–H groups in total. The first-order chi connectivity index (χ1) is 22.0. The lowest BCUT2D eigenvalue weighted by atomic mass is 10.2. The molecule has 3 aromatic heterocycles. The van der Waals surface area contributed by atoms with Crippen molar-refractivity contribution >= 4 is 40.0 Å². The van der Waals surface area contributed by atoms with E-state index in [0.717, 1.165) is 37.9 Å². The number of imidazole rings is 1. The third-order valence-corrected chi connectivity index (χ3v) is 7.57. The summed E-state index contributed by atoms with van der Waals surface area (Å²) >= 11 is 0. The van der Waals surface area contributed by atoms with Gasteiger partial charge in [0, 0.05) is 55.6 Å². The summed E-state index contributed by atoms with van der Waals surface area (Å²) in [4.78, 5) is 25.4. The molecule has 0 amide bonds. The van der Waals surface area contributed by atoms with Crippen molar-refractivity contribution in [3.05, 3.63) is 103 Å². The smallest absolute Gasteiger partial charge is 0.228 e. The van der Waals surface area contributed by atoms with E-state index >= 15 is 0 Å². The second kappa shape index (κ2) is 12.2. The van der Waals surface area contributed by atoms with Crippen LogP contribution in [0.5, 0.6) is 11.6 Å². The fourth-order valence-corrected chi connectivity index (χ4v) is 5.12. The van der Waals surface area contributed by atoms with E-state index < -0.39 is 11.6 Å². The highest BCUT2D eigenvalue weighted by Gasteiger charge is 2.16. The molecule has 4 heterocycles. The van der Waals surface area contributed by atoms with Gasteiger partial charge in [-0.2, -0.15) is 0 Å². The Kier molecular flexibility index (Phi) is 7.62. The summed E-state index contributed by atoms with van der Waals surface area (Å²) in [6, 6.07) is 23.4. The van der Waals surface area contributed by atoms with Crippen LogP contribution in [-0.2, 0) is 0 Å². The Morgan fingerprint density at radius 2 is 1.53 bits per heavy atom. The molecule has 0 saturated carbocycles. The van der Waals surface area contributed by atoms with Crippen molar-refractivity contribution in [2.24, 2.45) is 0 Å². The lowest BCUT2D eigenvalue weighted by molar-refractivity contribution is 0.313. The van der Waals surface area contributed by atoms with E-state index in [0.29, 0.717) is 40.0 Å². The molecule has 12 heteroatoms. The maximum atomic E-state index is 14.0. The second-order valence-electron chi connectivity index (χ2n) is 10.7. The number of pyridine rings is 1. The molecular weight excluding hydrogens is 576 g/mol. The molecule has 0 aliphatic carbocycles. The lowest BCUT2D eigenvalue weighted by Gasteiger charge is -2.34. The number of hydrogen-bond donors (Lipinski definition) is 3. The van der Waals surface area contributed by atoms with Crippen molar-refractivity contribution in [3.8, 4) is 22.9 Å². The fourth-order valence-electron chi connectivity index (χ4n) is 5.12. The van der Waals surface area contributed by atoms with E-state index in [4.69, 9.17) is 9.72 Å². The zero-order valence-corrected chi connectivity index (χ0v) is 24.3.